The number of hydrogen-bond acceptors (Lipinski definition) is 3. The Kier molecular flexibility index (Phi) is 7.18. The van der Waals surface area contributed by atoms with Gasteiger partial charge < -0.3 is 15.4 Å². The van der Waals surface area contributed by atoms with Crippen LogP contribution >= 0.6 is 0 Å². The molecule has 20 heavy (non-hydrogen) atoms. The minimum absolute atomic E-state index is 0.165. The fourth-order valence-corrected chi connectivity index (χ4v) is 1.93. The van der Waals surface area contributed by atoms with Crippen molar-refractivity contribution in [3.8, 4) is 0 Å². The van der Waals surface area contributed by atoms with Gasteiger partial charge in [-0.2, -0.15) is 0 Å². The van der Waals surface area contributed by atoms with Crippen molar-refractivity contribution in [2.45, 2.75) is 32.4 Å². The number of nitrogens with zero attached hydrogens (tertiary/aromatic N) is 1. The van der Waals surface area contributed by atoms with Gasteiger partial charge in [0, 0.05) is 25.8 Å². The molecule has 1 atom stereocenters. The third kappa shape index (κ3) is 4.90. The molecule has 0 aliphatic carbocycles. The monoisotopic (exact) mass is 282 g/mol. The first-order valence-corrected chi connectivity index (χ1v) is 6.86. The summed E-state index contributed by atoms with van der Waals surface area (Å²) in [5, 5.41) is 0. The summed E-state index contributed by atoms with van der Waals surface area (Å²) in [7, 11) is 1.50. The van der Waals surface area contributed by atoms with E-state index < -0.39 is 6.04 Å². The molecule has 0 aromatic heterocycles. The molecule has 0 aliphatic heterocycles. The first-order valence-electron chi connectivity index (χ1n) is 6.86. The van der Waals surface area contributed by atoms with E-state index in [0.717, 1.165) is 12.8 Å². The van der Waals surface area contributed by atoms with Gasteiger partial charge in [0.1, 0.15) is 11.9 Å². The summed E-state index contributed by atoms with van der Waals surface area (Å²) < 4.78 is 18.6. The number of unbranched alkanes of at least 4 members (excludes halogenated alkanes) is 1. The highest BCUT2D eigenvalue weighted by atomic mass is 19.1. The molecule has 0 radical (unpaired) electrons. The van der Waals surface area contributed by atoms with E-state index in [4.69, 9.17) is 10.5 Å². The second kappa shape index (κ2) is 8.66. The van der Waals surface area contributed by atoms with E-state index in [1.54, 1.807) is 23.1 Å². The number of amides is 1. The van der Waals surface area contributed by atoms with Gasteiger partial charge in [0.25, 0.3) is 0 Å². The van der Waals surface area contributed by atoms with Crippen LogP contribution in [0.1, 0.15) is 25.3 Å². The van der Waals surface area contributed by atoms with Crippen LogP contribution in [-0.4, -0.2) is 37.1 Å². The Morgan fingerprint density at radius 1 is 1.45 bits per heavy atom. The van der Waals surface area contributed by atoms with Crippen molar-refractivity contribution in [3.05, 3.63) is 35.6 Å². The summed E-state index contributed by atoms with van der Waals surface area (Å²) in [4.78, 5) is 13.9. The predicted octanol–water partition coefficient (Wildman–Crippen LogP) is 1.93. The average molecular weight is 282 g/mol. The molecule has 0 bridgehead atoms. The third-order valence-electron chi connectivity index (χ3n) is 3.08. The Morgan fingerprint density at radius 2 is 2.15 bits per heavy atom. The molecule has 1 amide bonds. The maximum absolute atomic E-state index is 13.7. The average Bonchev–Trinajstić information content (AvgIpc) is 2.45. The van der Waals surface area contributed by atoms with E-state index >= 15 is 0 Å². The summed E-state index contributed by atoms with van der Waals surface area (Å²) in [6.45, 7) is 3.02. The zero-order valence-corrected chi connectivity index (χ0v) is 12.1. The van der Waals surface area contributed by atoms with Crippen LogP contribution in [0.3, 0.4) is 0 Å². The number of methoxy groups -OCH3 is 1. The highest BCUT2D eigenvalue weighted by molar-refractivity contribution is 5.81. The number of rotatable bonds is 8. The molecule has 1 aromatic rings. The second-order valence-corrected chi connectivity index (χ2v) is 4.77. The van der Waals surface area contributed by atoms with Gasteiger partial charge in [0.05, 0.1) is 6.61 Å². The Morgan fingerprint density at radius 3 is 2.75 bits per heavy atom. The van der Waals surface area contributed by atoms with E-state index in [-0.39, 0.29) is 24.9 Å². The van der Waals surface area contributed by atoms with Crippen LogP contribution in [0.25, 0.3) is 0 Å². The molecule has 0 saturated carbocycles. The maximum Gasteiger partial charge on any atom is 0.242 e. The van der Waals surface area contributed by atoms with Gasteiger partial charge in [-0.15, -0.1) is 0 Å². The van der Waals surface area contributed by atoms with Crippen molar-refractivity contribution in [2.75, 3.05) is 20.3 Å². The fourth-order valence-electron chi connectivity index (χ4n) is 1.93. The number of nitrogens with two attached hydrogens (primary N) is 1. The quantitative estimate of drug-likeness (QED) is 0.792. The van der Waals surface area contributed by atoms with Crippen molar-refractivity contribution < 1.29 is 13.9 Å². The molecule has 1 rings (SSSR count). The standard InChI is InChI=1S/C15H23FN2O2/c1-3-4-9-18(15(19)14(17)11-20-2)10-12-7-5-6-8-13(12)16/h5-8,14H,3-4,9-11,17H2,1-2H3/t14-/m0/s1. The van der Waals surface area contributed by atoms with E-state index in [2.05, 4.69) is 0 Å². The predicted molar refractivity (Wildman–Crippen MR) is 76.6 cm³/mol. The SMILES string of the molecule is CCCCN(Cc1ccccc1F)C(=O)[C@@H](N)COC. The highest BCUT2D eigenvalue weighted by Crippen LogP contribution is 2.11. The molecule has 0 aliphatic rings. The zero-order valence-electron chi connectivity index (χ0n) is 12.1. The van der Waals surface area contributed by atoms with E-state index in [9.17, 15) is 9.18 Å². The van der Waals surface area contributed by atoms with E-state index in [1.807, 2.05) is 6.92 Å². The van der Waals surface area contributed by atoms with Crippen LogP contribution in [0.15, 0.2) is 24.3 Å². The van der Waals surface area contributed by atoms with E-state index in [0.29, 0.717) is 12.1 Å². The summed E-state index contributed by atoms with van der Waals surface area (Å²) in [5.41, 5.74) is 6.28. The Labute approximate surface area is 119 Å². The lowest BCUT2D eigenvalue weighted by Crippen LogP contribution is -2.46. The van der Waals surface area contributed by atoms with Crippen molar-refractivity contribution in [2.24, 2.45) is 5.73 Å². The largest absolute Gasteiger partial charge is 0.383 e. The Hall–Kier alpha value is -1.46. The minimum atomic E-state index is -0.705. The zero-order chi connectivity index (χ0) is 15.0. The third-order valence-corrected chi connectivity index (χ3v) is 3.08. The van der Waals surface area contributed by atoms with Gasteiger partial charge in [-0.3, -0.25) is 4.79 Å². The van der Waals surface area contributed by atoms with E-state index in [1.165, 1.54) is 13.2 Å². The van der Waals surface area contributed by atoms with Gasteiger partial charge in [0.2, 0.25) is 5.91 Å². The first-order chi connectivity index (χ1) is 9.60. The molecule has 0 saturated heterocycles. The lowest BCUT2D eigenvalue weighted by atomic mass is 10.1. The van der Waals surface area contributed by atoms with Crippen LogP contribution in [0.5, 0.6) is 0 Å². The van der Waals surface area contributed by atoms with Crippen molar-refractivity contribution in [1.29, 1.82) is 0 Å². The smallest absolute Gasteiger partial charge is 0.242 e. The maximum atomic E-state index is 13.7. The van der Waals surface area contributed by atoms with Crippen molar-refractivity contribution in [1.82, 2.24) is 4.90 Å². The summed E-state index contributed by atoms with van der Waals surface area (Å²) in [5.74, 6) is -0.509. The van der Waals surface area contributed by atoms with Crippen LogP contribution in [0.2, 0.25) is 0 Å². The summed E-state index contributed by atoms with van der Waals surface area (Å²) in [6.07, 6.45) is 1.82. The molecule has 4 nitrogen and oxygen atoms in total. The van der Waals surface area contributed by atoms with Crippen LogP contribution in [0.4, 0.5) is 4.39 Å². The molecular formula is C15H23FN2O2. The molecule has 1 aromatic carbocycles. The molecule has 0 unspecified atom stereocenters. The molecule has 0 spiro atoms. The van der Waals surface area contributed by atoms with Crippen LogP contribution in [0, 0.1) is 5.82 Å². The first kappa shape index (κ1) is 16.6. The van der Waals surface area contributed by atoms with Gasteiger partial charge in [-0.1, -0.05) is 31.5 Å². The molecule has 0 heterocycles. The number of benzene rings is 1. The molecule has 5 heteroatoms. The van der Waals surface area contributed by atoms with Gasteiger partial charge >= 0.3 is 0 Å². The molecule has 2 N–H and O–H groups in total. The molecule has 112 valence electrons. The summed E-state index contributed by atoms with van der Waals surface area (Å²) in [6, 6.07) is 5.77. The number of ether oxygens (including phenoxy) is 1. The molecular weight excluding hydrogens is 259 g/mol. The fraction of sp³-hybridized carbons (Fsp3) is 0.533. The topological polar surface area (TPSA) is 55.6 Å². The van der Waals surface area contributed by atoms with Gasteiger partial charge in [-0.25, -0.2) is 4.39 Å². The second-order valence-electron chi connectivity index (χ2n) is 4.77. The van der Waals surface area contributed by atoms with Crippen LogP contribution in [-0.2, 0) is 16.1 Å². The highest BCUT2D eigenvalue weighted by Gasteiger charge is 2.21. The van der Waals surface area contributed by atoms with Crippen molar-refractivity contribution in [3.63, 3.8) is 0 Å². The summed E-state index contributed by atoms with van der Waals surface area (Å²) >= 11 is 0. The van der Waals surface area contributed by atoms with Gasteiger partial charge in [-0.05, 0) is 12.5 Å². The number of carbonyl (C=O) groups excluding carboxylic acids is 1. The van der Waals surface area contributed by atoms with Crippen molar-refractivity contribution >= 4 is 5.91 Å². The number of carbonyl (C=O) groups is 1. The van der Waals surface area contributed by atoms with Crippen LogP contribution < -0.4 is 5.73 Å². The van der Waals surface area contributed by atoms with Gasteiger partial charge in [0.15, 0.2) is 0 Å². The lowest BCUT2D eigenvalue weighted by Gasteiger charge is -2.25. The Bertz CT molecular complexity index is 426. The Balaban J connectivity index is 2.78. The minimum Gasteiger partial charge on any atom is -0.383 e. The number of halogens is 1. The normalized spacial score (nSPS) is 12.2. The lowest BCUT2D eigenvalue weighted by molar-refractivity contribution is -0.134. The number of hydrogen-bond donors (Lipinski definition) is 1. The molecule has 0 fully saturated rings.